The highest BCUT2D eigenvalue weighted by Gasteiger charge is 2.34. The third-order valence-corrected chi connectivity index (χ3v) is 4.25. The van der Waals surface area contributed by atoms with Crippen LogP contribution >= 0.6 is 0 Å². The van der Waals surface area contributed by atoms with Gasteiger partial charge >= 0.3 is 0 Å². The quantitative estimate of drug-likeness (QED) is 0.817. The number of nitrogens with zero attached hydrogens (tertiary/aromatic N) is 2. The SMILES string of the molecule is CCOc1cc(C)nc(NCC2(CC(C)C)CCCC2)n1. The van der Waals surface area contributed by atoms with Gasteiger partial charge in [0.2, 0.25) is 11.8 Å². The van der Waals surface area contributed by atoms with E-state index in [1.165, 1.54) is 32.1 Å². The molecule has 21 heavy (non-hydrogen) atoms. The van der Waals surface area contributed by atoms with E-state index in [0.29, 0.717) is 23.9 Å². The Bertz CT molecular complexity index is 453. The summed E-state index contributed by atoms with van der Waals surface area (Å²) >= 11 is 0. The molecule has 2 rings (SSSR count). The number of hydrogen-bond acceptors (Lipinski definition) is 4. The molecule has 1 aliphatic carbocycles. The van der Waals surface area contributed by atoms with Gasteiger partial charge in [0, 0.05) is 18.3 Å². The molecule has 0 amide bonds. The topological polar surface area (TPSA) is 47.0 Å². The molecule has 1 fully saturated rings. The molecule has 4 nitrogen and oxygen atoms in total. The van der Waals surface area contributed by atoms with Gasteiger partial charge in [-0.1, -0.05) is 26.7 Å². The molecule has 0 radical (unpaired) electrons. The summed E-state index contributed by atoms with van der Waals surface area (Å²) in [6.07, 6.45) is 6.63. The average Bonchev–Trinajstić information content (AvgIpc) is 2.84. The van der Waals surface area contributed by atoms with E-state index in [9.17, 15) is 0 Å². The van der Waals surface area contributed by atoms with Crippen LogP contribution in [0.15, 0.2) is 6.07 Å². The normalized spacial score (nSPS) is 17.2. The molecule has 0 unspecified atom stereocenters. The van der Waals surface area contributed by atoms with Gasteiger partial charge in [0.15, 0.2) is 0 Å². The molecule has 0 spiro atoms. The highest BCUT2D eigenvalue weighted by molar-refractivity contribution is 5.31. The first kappa shape index (κ1) is 16.1. The van der Waals surface area contributed by atoms with Crippen LogP contribution in [0.4, 0.5) is 5.95 Å². The van der Waals surface area contributed by atoms with Crippen molar-refractivity contribution in [3.63, 3.8) is 0 Å². The monoisotopic (exact) mass is 291 g/mol. The number of hydrogen-bond donors (Lipinski definition) is 1. The van der Waals surface area contributed by atoms with Crippen molar-refractivity contribution in [2.24, 2.45) is 11.3 Å². The minimum absolute atomic E-state index is 0.424. The molecule has 0 atom stereocenters. The van der Waals surface area contributed by atoms with Crippen LogP contribution in [0, 0.1) is 18.3 Å². The van der Waals surface area contributed by atoms with E-state index in [0.717, 1.165) is 18.2 Å². The van der Waals surface area contributed by atoms with Gasteiger partial charge in [0.05, 0.1) is 6.61 Å². The number of aromatic nitrogens is 2. The highest BCUT2D eigenvalue weighted by Crippen LogP contribution is 2.43. The second-order valence-electron chi connectivity index (χ2n) is 6.76. The van der Waals surface area contributed by atoms with Gasteiger partial charge in [-0.25, -0.2) is 4.98 Å². The van der Waals surface area contributed by atoms with E-state index in [4.69, 9.17) is 4.74 Å². The van der Waals surface area contributed by atoms with Crippen molar-refractivity contribution in [1.29, 1.82) is 0 Å². The Kier molecular flexibility index (Phi) is 5.43. The van der Waals surface area contributed by atoms with Gasteiger partial charge in [0.1, 0.15) is 0 Å². The molecule has 118 valence electrons. The van der Waals surface area contributed by atoms with E-state index >= 15 is 0 Å². The lowest BCUT2D eigenvalue weighted by molar-refractivity contribution is 0.252. The average molecular weight is 291 g/mol. The van der Waals surface area contributed by atoms with Gasteiger partial charge < -0.3 is 10.1 Å². The zero-order valence-electron chi connectivity index (χ0n) is 13.9. The fourth-order valence-corrected chi connectivity index (χ4v) is 3.55. The minimum Gasteiger partial charge on any atom is -0.478 e. The van der Waals surface area contributed by atoms with Crippen LogP contribution < -0.4 is 10.1 Å². The van der Waals surface area contributed by atoms with Crippen LogP contribution in [0.25, 0.3) is 0 Å². The van der Waals surface area contributed by atoms with Crippen LogP contribution in [0.1, 0.15) is 58.6 Å². The van der Waals surface area contributed by atoms with Crippen molar-refractivity contribution in [3.05, 3.63) is 11.8 Å². The molecule has 4 heteroatoms. The number of aryl methyl sites for hydroxylation is 1. The maximum Gasteiger partial charge on any atom is 0.226 e. The van der Waals surface area contributed by atoms with Crippen molar-refractivity contribution in [2.45, 2.75) is 59.8 Å². The molecular weight excluding hydrogens is 262 g/mol. The van der Waals surface area contributed by atoms with Gasteiger partial charge in [0.25, 0.3) is 0 Å². The maximum absolute atomic E-state index is 5.50. The molecule has 1 aromatic rings. The summed E-state index contributed by atoms with van der Waals surface area (Å²) in [6, 6.07) is 1.88. The summed E-state index contributed by atoms with van der Waals surface area (Å²) in [5, 5.41) is 3.47. The molecule has 1 heterocycles. The first-order chi connectivity index (χ1) is 10.0. The highest BCUT2D eigenvalue weighted by atomic mass is 16.5. The van der Waals surface area contributed by atoms with E-state index < -0.39 is 0 Å². The Morgan fingerprint density at radius 3 is 2.62 bits per heavy atom. The predicted octanol–water partition coefficient (Wildman–Crippen LogP) is 4.20. The molecular formula is C17H29N3O. The van der Waals surface area contributed by atoms with E-state index in [2.05, 4.69) is 29.1 Å². The van der Waals surface area contributed by atoms with Crippen molar-refractivity contribution in [3.8, 4) is 5.88 Å². The first-order valence-electron chi connectivity index (χ1n) is 8.25. The Balaban J connectivity index is 2.03. The number of nitrogens with one attached hydrogen (secondary N) is 1. The second kappa shape index (κ2) is 7.10. The molecule has 0 aromatic carbocycles. The summed E-state index contributed by atoms with van der Waals surface area (Å²) in [6.45, 7) is 10.2. The Morgan fingerprint density at radius 1 is 1.29 bits per heavy atom. The number of rotatable bonds is 7. The van der Waals surface area contributed by atoms with Gasteiger partial charge in [-0.15, -0.1) is 0 Å². The van der Waals surface area contributed by atoms with Gasteiger partial charge in [-0.05, 0) is 44.4 Å². The van der Waals surface area contributed by atoms with E-state index in [-0.39, 0.29) is 0 Å². The second-order valence-corrected chi connectivity index (χ2v) is 6.76. The summed E-state index contributed by atoms with van der Waals surface area (Å²) < 4.78 is 5.50. The smallest absolute Gasteiger partial charge is 0.226 e. The first-order valence-corrected chi connectivity index (χ1v) is 8.25. The fourth-order valence-electron chi connectivity index (χ4n) is 3.55. The van der Waals surface area contributed by atoms with Crippen LogP contribution in [-0.4, -0.2) is 23.1 Å². The Labute approximate surface area is 128 Å². The van der Waals surface area contributed by atoms with Crippen molar-refractivity contribution >= 4 is 5.95 Å². The largest absolute Gasteiger partial charge is 0.478 e. The van der Waals surface area contributed by atoms with Crippen LogP contribution in [-0.2, 0) is 0 Å². The zero-order valence-corrected chi connectivity index (χ0v) is 13.9. The standard InChI is InChI=1S/C17H29N3O/c1-5-21-15-10-14(4)19-16(20-15)18-12-17(11-13(2)3)8-6-7-9-17/h10,13H,5-9,11-12H2,1-4H3,(H,18,19,20). The molecule has 1 saturated carbocycles. The van der Waals surface area contributed by atoms with Crippen molar-refractivity contribution in [1.82, 2.24) is 9.97 Å². The maximum atomic E-state index is 5.50. The molecule has 0 saturated heterocycles. The summed E-state index contributed by atoms with van der Waals surface area (Å²) in [5.74, 6) is 2.10. The molecule has 1 aliphatic rings. The third-order valence-electron chi connectivity index (χ3n) is 4.25. The number of ether oxygens (including phenoxy) is 1. The minimum atomic E-state index is 0.424. The lowest BCUT2D eigenvalue weighted by atomic mass is 9.78. The molecule has 0 bridgehead atoms. The van der Waals surface area contributed by atoms with E-state index in [1.807, 2.05) is 19.9 Å². The van der Waals surface area contributed by atoms with E-state index in [1.54, 1.807) is 0 Å². The summed E-state index contributed by atoms with van der Waals surface area (Å²) in [7, 11) is 0. The van der Waals surface area contributed by atoms with Crippen molar-refractivity contribution < 1.29 is 4.74 Å². The van der Waals surface area contributed by atoms with Gasteiger partial charge in [-0.2, -0.15) is 4.98 Å². The summed E-state index contributed by atoms with van der Waals surface area (Å²) in [5.41, 5.74) is 1.37. The molecule has 0 aliphatic heterocycles. The van der Waals surface area contributed by atoms with Crippen LogP contribution in [0.2, 0.25) is 0 Å². The van der Waals surface area contributed by atoms with Gasteiger partial charge in [-0.3, -0.25) is 0 Å². The van der Waals surface area contributed by atoms with Crippen LogP contribution in [0.5, 0.6) is 5.88 Å². The lowest BCUT2D eigenvalue weighted by Crippen LogP contribution is -2.29. The predicted molar refractivity (Wildman–Crippen MR) is 86.8 cm³/mol. The van der Waals surface area contributed by atoms with Crippen molar-refractivity contribution in [2.75, 3.05) is 18.5 Å². The molecule has 1 aromatic heterocycles. The lowest BCUT2D eigenvalue weighted by Gasteiger charge is -2.31. The Hall–Kier alpha value is -1.32. The Morgan fingerprint density at radius 2 is 2.00 bits per heavy atom. The fraction of sp³-hybridized carbons (Fsp3) is 0.765. The third kappa shape index (κ3) is 4.58. The summed E-state index contributed by atoms with van der Waals surface area (Å²) in [4.78, 5) is 8.94. The van der Waals surface area contributed by atoms with Crippen LogP contribution in [0.3, 0.4) is 0 Å². The molecule has 1 N–H and O–H groups in total. The number of anilines is 1. The zero-order chi connectivity index (χ0) is 15.3.